The number of hydrogen-bond donors (Lipinski definition) is 0. The topological polar surface area (TPSA) is 12.9 Å². The minimum atomic E-state index is 0.162. The summed E-state index contributed by atoms with van der Waals surface area (Å²) in [6, 6.07) is 15.5. The van der Waals surface area contributed by atoms with Crippen molar-refractivity contribution in [3.63, 3.8) is 0 Å². The van der Waals surface area contributed by atoms with Crippen LogP contribution in [0.4, 0.5) is 0 Å². The molecule has 130 valence electrons. The van der Waals surface area contributed by atoms with Gasteiger partial charge in [-0.3, -0.25) is 0 Å². The van der Waals surface area contributed by atoms with Crippen molar-refractivity contribution in [2.75, 3.05) is 0 Å². The third kappa shape index (κ3) is 3.30. The average Bonchev–Trinajstić information content (AvgIpc) is 3.15. The van der Waals surface area contributed by atoms with E-state index >= 15 is 0 Å². The van der Waals surface area contributed by atoms with Crippen molar-refractivity contribution in [3.8, 4) is 0 Å². The highest BCUT2D eigenvalue weighted by molar-refractivity contribution is 7.10. The smallest absolute Gasteiger partial charge is 0.123 e. The Balaban J connectivity index is 1.73. The molecule has 2 aromatic carbocycles. The summed E-state index contributed by atoms with van der Waals surface area (Å²) in [5, 5.41) is 3.16. The Morgan fingerprint density at radius 1 is 1.00 bits per heavy atom. The van der Waals surface area contributed by atoms with Crippen LogP contribution in [-0.2, 0) is 5.41 Å². The molecule has 0 atom stereocenters. The second kappa shape index (κ2) is 6.69. The van der Waals surface area contributed by atoms with Gasteiger partial charge in [0.25, 0.3) is 0 Å². The molecule has 0 aliphatic heterocycles. The molecule has 4 rings (SSSR count). The molecular weight excluding hydrogens is 334 g/mol. The lowest BCUT2D eigenvalue weighted by atomic mass is 9.73. The summed E-state index contributed by atoms with van der Waals surface area (Å²) in [6.07, 6.45) is 9.68. The van der Waals surface area contributed by atoms with Crippen LogP contribution in [0, 0.1) is 6.92 Å². The first kappa shape index (κ1) is 17.0. The van der Waals surface area contributed by atoms with Gasteiger partial charge in [0, 0.05) is 17.2 Å². The van der Waals surface area contributed by atoms with E-state index in [1.807, 2.05) is 6.20 Å². The van der Waals surface area contributed by atoms with Crippen LogP contribution in [0.3, 0.4) is 0 Å². The number of aromatic nitrogens is 1. The SMILES string of the molecule is Cc1ccc(/C=C/c2ccc3c(c2)C(c2nccs2)=CCC3(C)C)cc1. The highest BCUT2D eigenvalue weighted by Crippen LogP contribution is 2.42. The number of benzene rings is 2. The number of allylic oxidation sites excluding steroid dienone is 1. The first-order valence-electron chi connectivity index (χ1n) is 9.03. The van der Waals surface area contributed by atoms with Crippen LogP contribution in [0.2, 0.25) is 0 Å². The van der Waals surface area contributed by atoms with E-state index in [1.54, 1.807) is 11.3 Å². The van der Waals surface area contributed by atoms with Gasteiger partial charge >= 0.3 is 0 Å². The fourth-order valence-electron chi connectivity index (χ4n) is 3.48. The molecule has 0 radical (unpaired) electrons. The molecule has 26 heavy (non-hydrogen) atoms. The quantitative estimate of drug-likeness (QED) is 0.473. The molecule has 0 fully saturated rings. The van der Waals surface area contributed by atoms with Gasteiger partial charge in [0.2, 0.25) is 0 Å². The number of hydrogen-bond acceptors (Lipinski definition) is 2. The van der Waals surface area contributed by atoms with Crippen LogP contribution in [0.25, 0.3) is 17.7 Å². The third-order valence-electron chi connectivity index (χ3n) is 5.09. The highest BCUT2D eigenvalue weighted by Gasteiger charge is 2.29. The maximum atomic E-state index is 4.55. The van der Waals surface area contributed by atoms with Crippen LogP contribution >= 0.6 is 11.3 Å². The van der Waals surface area contributed by atoms with Crippen molar-refractivity contribution in [3.05, 3.63) is 92.9 Å². The van der Waals surface area contributed by atoms with Crippen molar-refractivity contribution in [2.24, 2.45) is 0 Å². The van der Waals surface area contributed by atoms with E-state index in [-0.39, 0.29) is 5.41 Å². The molecule has 1 heterocycles. The molecule has 1 aliphatic rings. The summed E-state index contributed by atoms with van der Waals surface area (Å²) >= 11 is 1.71. The minimum Gasteiger partial charge on any atom is -0.245 e. The number of fused-ring (bicyclic) bond motifs is 1. The Bertz CT molecular complexity index is 974. The summed E-state index contributed by atoms with van der Waals surface area (Å²) in [6.45, 7) is 6.76. The molecule has 0 spiro atoms. The van der Waals surface area contributed by atoms with Crippen LogP contribution in [0.5, 0.6) is 0 Å². The molecule has 0 saturated carbocycles. The first-order chi connectivity index (χ1) is 12.5. The maximum absolute atomic E-state index is 4.55. The van der Waals surface area contributed by atoms with Gasteiger partial charge in [0.15, 0.2) is 0 Å². The van der Waals surface area contributed by atoms with Crippen molar-refractivity contribution >= 4 is 29.1 Å². The van der Waals surface area contributed by atoms with Crippen LogP contribution in [0.1, 0.15) is 53.1 Å². The Hall–Kier alpha value is -2.45. The van der Waals surface area contributed by atoms with E-state index in [4.69, 9.17) is 0 Å². The second-order valence-corrected chi connectivity index (χ2v) is 8.49. The van der Waals surface area contributed by atoms with E-state index in [9.17, 15) is 0 Å². The van der Waals surface area contributed by atoms with Crippen LogP contribution < -0.4 is 0 Å². The lowest BCUT2D eigenvalue weighted by Crippen LogP contribution is -2.21. The largest absolute Gasteiger partial charge is 0.245 e. The van der Waals surface area contributed by atoms with Gasteiger partial charge in [-0.25, -0.2) is 4.98 Å². The highest BCUT2D eigenvalue weighted by atomic mass is 32.1. The molecular formula is C24H23NS. The Morgan fingerprint density at radius 3 is 2.46 bits per heavy atom. The van der Waals surface area contributed by atoms with Crippen LogP contribution in [0.15, 0.2) is 60.1 Å². The third-order valence-corrected chi connectivity index (χ3v) is 5.89. The Morgan fingerprint density at radius 2 is 1.73 bits per heavy atom. The summed E-state index contributed by atoms with van der Waals surface area (Å²) in [4.78, 5) is 4.55. The predicted molar refractivity (Wildman–Crippen MR) is 113 cm³/mol. The first-order valence-corrected chi connectivity index (χ1v) is 9.91. The molecule has 0 unspecified atom stereocenters. The van der Waals surface area contributed by atoms with E-state index < -0.39 is 0 Å². The molecule has 1 nitrogen and oxygen atoms in total. The maximum Gasteiger partial charge on any atom is 0.123 e. The van der Waals surface area contributed by atoms with Crippen molar-refractivity contribution in [2.45, 2.75) is 32.6 Å². The number of thiazole rings is 1. The summed E-state index contributed by atoms with van der Waals surface area (Å²) in [5.74, 6) is 0. The van der Waals surface area contributed by atoms with Gasteiger partial charge in [-0.15, -0.1) is 11.3 Å². The molecule has 0 N–H and O–H groups in total. The number of nitrogens with zero attached hydrogens (tertiary/aromatic N) is 1. The number of aryl methyl sites for hydroxylation is 1. The molecule has 0 amide bonds. The zero-order chi connectivity index (χ0) is 18.1. The Kier molecular flexibility index (Phi) is 4.37. The summed E-state index contributed by atoms with van der Waals surface area (Å²) in [5.41, 5.74) is 7.92. The van der Waals surface area contributed by atoms with Gasteiger partial charge < -0.3 is 0 Å². The van der Waals surface area contributed by atoms with Crippen molar-refractivity contribution < 1.29 is 0 Å². The molecule has 0 bridgehead atoms. The predicted octanol–water partition coefficient (Wildman–Crippen LogP) is 6.73. The average molecular weight is 358 g/mol. The molecule has 3 aromatic rings. The van der Waals surface area contributed by atoms with Gasteiger partial charge in [0.1, 0.15) is 5.01 Å². The standard InChI is InChI=1S/C24H23NS/c1-17-4-6-18(7-5-17)8-9-19-10-11-22-21(16-19)20(12-13-24(22,2)3)23-25-14-15-26-23/h4-12,14-16H,13H2,1-3H3/b9-8+. The fourth-order valence-corrected chi connectivity index (χ4v) is 4.18. The zero-order valence-electron chi connectivity index (χ0n) is 15.5. The fraction of sp³-hybridized carbons (Fsp3) is 0.208. The van der Waals surface area contributed by atoms with Gasteiger partial charge in [0.05, 0.1) is 0 Å². The monoisotopic (exact) mass is 357 g/mol. The van der Waals surface area contributed by atoms with Gasteiger partial charge in [-0.2, -0.15) is 0 Å². The molecule has 0 saturated heterocycles. The molecule has 1 aromatic heterocycles. The minimum absolute atomic E-state index is 0.162. The van der Waals surface area contributed by atoms with E-state index in [1.165, 1.54) is 33.4 Å². The lowest BCUT2D eigenvalue weighted by molar-refractivity contribution is 0.527. The van der Waals surface area contributed by atoms with Crippen LogP contribution in [-0.4, -0.2) is 4.98 Å². The van der Waals surface area contributed by atoms with Crippen molar-refractivity contribution in [1.29, 1.82) is 0 Å². The van der Waals surface area contributed by atoms with E-state index in [0.29, 0.717) is 0 Å². The number of rotatable bonds is 3. The van der Waals surface area contributed by atoms with Crippen molar-refractivity contribution in [1.82, 2.24) is 4.98 Å². The second-order valence-electron chi connectivity index (χ2n) is 7.59. The van der Waals surface area contributed by atoms with Gasteiger partial charge in [-0.05, 0) is 47.1 Å². The molecule has 1 aliphatic carbocycles. The lowest BCUT2D eigenvalue weighted by Gasteiger charge is -2.31. The normalized spacial score (nSPS) is 15.7. The summed E-state index contributed by atoms with van der Waals surface area (Å²) in [7, 11) is 0. The zero-order valence-corrected chi connectivity index (χ0v) is 16.3. The van der Waals surface area contributed by atoms with Gasteiger partial charge in [-0.1, -0.05) is 74.0 Å². The molecule has 2 heteroatoms. The van der Waals surface area contributed by atoms with E-state index in [0.717, 1.165) is 11.4 Å². The summed E-state index contributed by atoms with van der Waals surface area (Å²) < 4.78 is 0. The van der Waals surface area contributed by atoms with E-state index in [2.05, 4.69) is 91.8 Å². The Labute approximate surface area is 159 Å².